The minimum atomic E-state index is -0.222. The van der Waals surface area contributed by atoms with Crippen LogP contribution in [0.3, 0.4) is 0 Å². The van der Waals surface area contributed by atoms with Gasteiger partial charge in [0.15, 0.2) is 5.82 Å². The first-order chi connectivity index (χ1) is 17.5. The largest absolute Gasteiger partial charge is 0.355 e. The van der Waals surface area contributed by atoms with Crippen molar-refractivity contribution in [3.63, 3.8) is 0 Å². The second-order valence-corrected chi connectivity index (χ2v) is 8.21. The molecule has 5 rings (SSSR count). The molecule has 0 unspecified atom stereocenters. The normalized spacial score (nSPS) is 10.8. The van der Waals surface area contributed by atoms with Crippen LogP contribution in [0.1, 0.15) is 21.7 Å². The lowest BCUT2D eigenvalue weighted by atomic mass is 10.1. The van der Waals surface area contributed by atoms with Crippen molar-refractivity contribution in [2.75, 3.05) is 12.4 Å². The Morgan fingerprint density at radius 1 is 0.917 bits per heavy atom. The zero-order valence-electron chi connectivity index (χ0n) is 19.8. The van der Waals surface area contributed by atoms with E-state index >= 15 is 0 Å². The Kier molecular flexibility index (Phi) is 6.19. The van der Waals surface area contributed by atoms with Gasteiger partial charge in [-0.1, -0.05) is 12.1 Å². The highest BCUT2D eigenvalue weighted by molar-refractivity contribution is 5.96. The van der Waals surface area contributed by atoms with Gasteiger partial charge in [-0.25, -0.2) is 9.67 Å². The van der Waals surface area contributed by atoms with Gasteiger partial charge in [-0.15, -0.1) is 0 Å². The summed E-state index contributed by atoms with van der Waals surface area (Å²) < 4.78 is 1.74. The second-order valence-electron chi connectivity index (χ2n) is 8.21. The number of carbonyl (C=O) groups excluding carboxylic acids is 2. The lowest BCUT2D eigenvalue weighted by molar-refractivity contribution is -0.115. The van der Waals surface area contributed by atoms with Gasteiger partial charge in [-0.3, -0.25) is 19.6 Å². The number of carbonyl (C=O) groups is 2. The fourth-order valence-corrected chi connectivity index (χ4v) is 3.88. The van der Waals surface area contributed by atoms with E-state index in [9.17, 15) is 9.59 Å². The molecule has 3 heterocycles. The summed E-state index contributed by atoms with van der Waals surface area (Å²) in [5.41, 5.74) is 5.80. The monoisotopic (exact) mass is 477 g/mol. The fraction of sp³-hybridized carbons (Fsp3) is 0.111. The number of hydrogen-bond donors (Lipinski definition) is 2. The van der Waals surface area contributed by atoms with Crippen molar-refractivity contribution in [2.45, 2.75) is 13.3 Å². The molecule has 0 saturated carbocycles. The molecule has 9 heteroatoms. The van der Waals surface area contributed by atoms with Crippen LogP contribution in [0.25, 0.3) is 28.1 Å². The smallest absolute Gasteiger partial charge is 0.251 e. The molecular formula is C27H23N7O2. The van der Waals surface area contributed by atoms with Crippen molar-refractivity contribution < 1.29 is 9.59 Å². The third-order valence-electron chi connectivity index (χ3n) is 5.62. The molecule has 178 valence electrons. The summed E-state index contributed by atoms with van der Waals surface area (Å²) in [6, 6.07) is 20.1. The Balaban J connectivity index is 1.45. The molecular weight excluding hydrogens is 454 g/mol. The van der Waals surface area contributed by atoms with E-state index in [-0.39, 0.29) is 18.2 Å². The molecule has 0 aliphatic heterocycles. The van der Waals surface area contributed by atoms with Crippen LogP contribution in [0.4, 0.5) is 5.69 Å². The van der Waals surface area contributed by atoms with Crippen LogP contribution in [0.2, 0.25) is 0 Å². The maximum Gasteiger partial charge on any atom is 0.251 e. The average molecular weight is 478 g/mol. The highest BCUT2D eigenvalue weighted by atomic mass is 16.2. The van der Waals surface area contributed by atoms with E-state index in [1.165, 1.54) is 0 Å². The minimum absolute atomic E-state index is 0.0659. The summed E-state index contributed by atoms with van der Waals surface area (Å²) >= 11 is 0. The highest BCUT2D eigenvalue weighted by Crippen LogP contribution is 2.26. The molecule has 0 fully saturated rings. The van der Waals surface area contributed by atoms with Gasteiger partial charge in [0.2, 0.25) is 5.91 Å². The lowest BCUT2D eigenvalue weighted by Crippen LogP contribution is -2.18. The quantitative estimate of drug-likeness (QED) is 0.385. The predicted octanol–water partition coefficient (Wildman–Crippen LogP) is 3.73. The van der Waals surface area contributed by atoms with Gasteiger partial charge in [0.1, 0.15) is 0 Å². The first-order valence-electron chi connectivity index (χ1n) is 11.4. The van der Waals surface area contributed by atoms with Gasteiger partial charge in [0.05, 0.1) is 28.8 Å². The zero-order chi connectivity index (χ0) is 25.1. The standard InChI is InChI=1S/C27H23N7O2/c1-17-4-3-5-25(31-17)34-24(19-8-11-22-23(14-19)30-13-12-29-22)15-21(33-34)16-26(35)32-20-9-6-18(7-10-20)27(36)28-2/h3-15H,16H2,1-2H3,(H,28,36)(H,32,35). The molecule has 5 aromatic rings. The molecule has 36 heavy (non-hydrogen) atoms. The first-order valence-corrected chi connectivity index (χ1v) is 11.4. The van der Waals surface area contributed by atoms with Gasteiger partial charge in [-0.2, -0.15) is 5.10 Å². The molecule has 0 radical (unpaired) electrons. The molecule has 2 aromatic carbocycles. The van der Waals surface area contributed by atoms with Crippen molar-refractivity contribution in [1.29, 1.82) is 0 Å². The van der Waals surface area contributed by atoms with Gasteiger partial charge in [0.25, 0.3) is 5.91 Å². The molecule has 0 atom stereocenters. The SMILES string of the molecule is CNC(=O)c1ccc(NC(=O)Cc2cc(-c3ccc4nccnc4c3)n(-c3cccc(C)n3)n2)cc1. The Hall–Kier alpha value is -4.92. The second kappa shape index (κ2) is 9.75. The van der Waals surface area contributed by atoms with E-state index in [1.807, 2.05) is 49.4 Å². The minimum Gasteiger partial charge on any atom is -0.355 e. The Morgan fingerprint density at radius 2 is 1.69 bits per heavy atom. The van der Waals surface area contributed by atoms with Crippen LogP contribution in [0, 0.1) is 6.92 Å². The van der Waals surface area contributed by atoms with E-state index in [1.54, 1.807) is 48.4 Å². The number of aromatic nitrogens is 5. The van der Waals surface area contributed by atoms with Crippen LogP contribution in [0.5, 0.6) is 0 Å². The third kappa shape index (κ3) is 4.80. The number of benzene rings is 2. The Bertz CT molecular complexity index is 1580. The van der Waals surface area contributed by atoms with Gasteiger partial charge >= 0.3 is 0 Å². The Morgan fingerprint density at radius 3 is 2.44 bits per heavy atom. The summed E-state index contributed by atoms with van der Waals surface area (Å²) in [7, 11) is 1.57. The summed E-state index contributed by atoms with van der Waals surface area (Å²) in [6.45, 7) is 1.92. The van der Waals surface area contributed by atoms with Crippen LogP contribution < -0.4 is 10.6 Å². The van der Waals surface area contributed by atoms with Crippen molar-refractivity contribution in [2.24, 2.45) is 0 Å². The van der Waals surface area contributed by atoms with Crippen molar-refractivity contribution in [3.8, 4) is 17.1 Å². The molecule has 0 bridgehead atoms. The summed E-state index contributed by atoms with van der Waals surface area (Å²) in [5, 5.41) is 10.1. The maximum atomic E-state index is 12.8. The summed E-state index contributed by atoms with van der Waals surface area (Å²) in [4.78, 5) is 37.9. The van der Waals surface area contributed by atoms with Gasteiger partial charge in [0, 0.05) is 41.9 Å². The first kappa shape index (κ1) is 22.9. The number of rotatable bonds is 6. The van der Waals surface area contributed by atoms with Crippen LogP contribution in [-0.2, 0) is 11.2 Å². The number of anilines is 1. The molecule has 0 aliphatic carbocycles. The zero-order valence-corrected chi connectivity index (χ0v) is 19.8. The van der Waals surface area contributed by atoms with Crippen molar-refractivity contribution in [1.82, 2.24) is 30.0 Å². The van der Waals surface area contributed by atoms with Crippen molar-refractivity contribution in [3.05, 3.63) is 96.1 Å². The number of fused-ring (bicyclic) bond motifs is 1. The van der Waals surface area contributed by atoms with Gasteiger partial charge in [-0.05, 0) is 61.5 Å². The molecule has 0 saturated heterocycles. The molecule has 0 aliphatic rings. The number of hydrogen-bond acceptors (Lipinski definition) is 6. The summed E-state index contributed by atoms with van der Waals surface area (Å²) in [5.74, 6) is 0.247. The molecule has 2 N–H and O–H groups in total. The maximum absolute atomic E-state index is 12.8. The predicted molar refractivity (Wildman–Crippen MR) is 137 cm³/mol. The van der Waals surface area contributed by atoms with E-state index in [2.05, 4.69) is 25.6 Å². The third-order valence-corrected chi connectivity index (χ3v) is 5.62. The molecule has 9 nitrogen and oxygen atoms in total. The van der Waals surface area contributed by atoms with Crippen LogP contribution in [0.15, 0.2) is 79.1 Å². The number of amides is 2. The lowest BCUT2D eigenvalue weighted by Gasteiger charge is -2.08. The molecule has 3 aromatic heterocycles. The molecule has 0 spiro atoms. The van der Waals surface area contributed by atoms with E-state index in [0.717, 1.165) is 28.0 Å². The average Bonchev–Trinajstić information content (AvgIpc) is 3.32. The van der Waals surface area contributed by atoms with E-state index < -0.39 is 0 Å². The topological polar surface area (TPSA) is 115 Å². The van der Waals surface area contributed by atoms with Crippen LogP contribution >= 0.6 is 0 Å². The van der Waals surface area contributed by atoms with Crippen molar-refractivity contribution >= 4 is 28.5 Å². The fourth-order valence-electron chi connectivity index (χ4n) is 3.88. The highest BCUT2D eigenvalue weighted by Gasteiger charge is 2.16. The summed E-state index contributed by atoms with van der Waals surface area (Å²) in [6.07, 6.45) is 3.38. The Labute approximate surface area is 207 Å². The van der Waals surface area contributed by atoms with E-state index in [4.69, 9.17) is 5.10 Å². The number of aryl methyl sites for hydroxylation is 1. The number of nitrogens with one attached hydrogen (secondary N) is 2. The van der Waals surface area contributed by atoms with Gasteiger partial charge < -0.3 is 10.6 Å². The number of nitrogens with zero attached hydrogens (tertiary/aromatic N) is 5. The van der Waals surface area contributed by atoms with E-state index in [0.29, 0.717) is 22.8 Å². The number of pyridine rings is 1. The van der Waals surface area contributed by atoms with Crippen LogP contribution in [-0.4, -0.2) is 43.6 Å². The molecule has 2 amide bonds.